The summed E-state index contributed by atoms with van der Waals surface area (Å²) in [5, 5.41) is 10.1. The van der Waals surface area contributed by atoms with Crippen molar-refractivity contribution < 1.29 is 14.7 Å². The minimum absolute atomic E-state index is 0.158. The molecule has 1 amide bonds. The molecule has 0 unspecified atom stereocenters. The van der Waals surface area contributed by atoms with Gasteiger partial charge in [-0.05, 0) is 26.0 Å². The Morgan fingerprint density at radius 1 is 1.25 bits per heavy atom. The molecule has 2 aliphatic heterocycles. The van der Waals surface area contributed by atoms with Crippen LogP contribution in [0.5, 0.6) is 0 Å². The van der Waals surface area contributed by atoms with Gasteiger partial charge in [0.05, 0.1) is 9.56 Å². The number of hydrogen-bond donors (Lipinski definition) is 1. The van der Waals surface area contributed by atoms with Gasteiger partial charge in [-0.3, -0.25) is 23.9 Å². The average molecular weight is 458 g/mol. The van der Waals surface area contributed by atoms with Crippen molar-refractivity contribution in [2.75, 3.05) is 25.4 Å². The molecule has 0 spiro atoms. The minimum atomic E-state index is -1.13. The van der Waals surface area contributed by atoms with E-state index in [4.69, 9.17) is 17.3 Å². The number of carbonyl (C=O) groups is 2. The lowest BCUT2D eigenvalue weighted by atomic mass is 10.4. The minimum Gasteiger partial charge on any atom is -0.480 e. The summed E-state index contributed by atoms with van der Waals surface area (Å²) in [6.07, 6.45) is 3.75. The molecule has 1 aromatic rings. The SMILES string of the molecule is CCN1CCS/C1=C/C=c1/s/c(=C2\SC(=S)N(CC(=O)O)C2=O)n(CC)c1=O. The number of carboxylic acid groups (broad SMARTS) is 1. The van der Waals surface area contributed by atoms with E-state index in [0.29, 0.717) is 20.6 Å². The van der Waals surface area contributed by atoms with Crippen molar-refractivity contribution in [3.05, 3.63) is 30.7 Å². The van der Waals surface area contributed by atoms with Crippen LogP contribution in [0, 0.1) is 0 Å². The number of aromatic nitrogens is 1. The molecular weight excluding hydrogens is 438 g/mol. The highest BCUT2D eigenvalue weighted by molar-refractivity contribution is 8.30. The summed E-state index contributed by atoms with van der Waals surface area (Å²) < 4.78 is 2.80. The molecule has 3 rings (SSSR count). The van der Waals surface area contributed by atoms with Gasteiger partial charge in [-0.15, -0.1) is 23.1 Å². The number of rotatable bonds is 5. The fraction of sp³-hybridized carbons (Fsp3) is 0.412. The molecule has 28 heavy (non-hydrogen) atoms. The van der Waals surface area contributed by atoms with E-state index < -0.39 is 18.4 Å². The Morgan fingerprint density at radius 3 is 2.64 bits per heavy atom. The van der Waals surface area contributed by atoms with Crippen molar-refractivity contribution in [1.29, 1.82) is 0 Å². The molecule has 0 aromatic carbocycles. The van der Waals surface area contributed by atoms with Gasteiger partial charge in [0.15, 0.2) is 0 Å². The van der Waals surface area contributed by atoms with E-state index in [0.717, 1.165) is 40.5 Å². The number of aliphatic carboxylic acids is 1. The van der Waals surface area contributed by atoms with Crippen molar-refractivity contribution >= 4 is 74.3 Å². The average Bonchev–Trinajstić information content (AvgIpc) is 3.31. The fourth-order valence-corrected chi connectivity index (χ4v) is 6.47. The lowest BCUT2D eigenvalue weighted by molar-refractivity contribution is -0.140. The van der Waals surface area contributed by atoms with E-state index in [1.165, 1.54) is 11.3 Å². The van der Waals surface area contributed by atoms with E-state index in [9.17, 15) is 14.4 Å². The van der Waals surface area contributed by atoms with Gasteiger partial charge < -0.3 is 10.0 Å². The van der Waals surface area contributed by atoms with Gasteiger partial charge in [-0.1, -0.05) is 24.0 Å². The summed E-state index contributed by atoms with van der Waals surface area (Å²) in [6.45, 7) is 5.78. The van der Waals surface area contributed by atoms with E-state index >= 15 is 0 Å². The molecule has 3 heterocycles. The fourth-order valence-electron chi connectivity index (χ4n) is 2.86. The van der Waals surface area contributed by atoms with Crippen molar-refractivity contribution in [1.82, 2.24) is 14.4 Å². The number of amides is 1. The molecule has 0 radical (unpaired) electrons. The molecule has 0 aliphatic carbocycles. The summed E-state index contributed by atoms with van der Waals surface area (Å²) in [5.41, 5.74) is -0.158. The second kappa shape index (κ2) is 8.85. The lowest BCUT2D eigenvalue weighted by Crippen LogP contribution is -2.35. The Bertz CT molecular complexity index is 1040. The van der Waals surface area contributed by atoms with E-state index in [1.54, 1.807) is 22.4 Å². The summed E-state index contributed by atoms with van der Waals surface area (Å²) in [4.78, 5) is 40.1. The van der Waals surface area contributed by atoms with Crippen LogP contribution in [-0.2, 0) is 16.1 Å². The van der Waals surface area contributed by atoms with Crippen molar-refractivity contribution in [2.24, 2.45) is 0 Å². The largest absolute Gasteiger partial charge is 0.480 e. The normalized spacial score (nSPS) is 21.5. The second-order valence-corrected chi connectivity index (χ2v) is 9.69. The number of carboxylic acids is 1. The van der Waals surface area contributed by atoms with Gasteiger partial charge >= 0.3 is 5.97 Å². The predicted octanol–water partition coefficient (Wildman–Crippen LogP) is 0.673. The molecular formula is C17H19N3O4S4. The summed E-state index contributed by atoms with van der Waals surface area (Å²) in [5.74, 6) is -0.566. The predicted molar refractivity (Wildman–Crippen MR) is 119 cm³/mol. The second-order valence-electron chi connectivity index (χ2n) is 5.90. The molecule has 2 saturated heterocycles. The third kappa shape index (κ3) is 4.07. The van der Waals surface area contributed by atoms with Gasteiger partial charge in [0.25, 0.3) is 11.5 Å². The first-order valence-corrected chi connectivity index (χ1v) is 11.7. The quantitative estimate of drug-likeness (QED) is 0.647. The van der Waals surface area contributed by atoms with Gasteiger partial charge in [0.1, 0.15) is 20.4 Å². The molecule has 2 fully saturated rings. The number of thiazole rings is 1. The first-order valence-electron chi connectivity index (χ1n) is 8.66. The summed E-state index contributed by atoms with van der Waals surface area (Å²) in [6, 6.07) is 0. The number of nitrogens with zero attached hydrogens (tertiary/aromatic N) is 3. The van der Waals surface area contributed by atoms with Crippen molar-refractivity contribution in [2.45, 2.75) is 20.4 Å². The van der Waals surface area contributed by atoms with Gasteiger partial charge in [-0.25, -0.2) is 0 Å². The van der Waals surface area contributed by atoms with Crippen molar-refractivity contribution in [3.8, 4) is 0 Å². The van der Waals surface area contributed by atoms with E-state index in [1.807, 2.05) is 13.0 Å². The van der Waals surface area contributed by atoms with Gasteiger partial charge in [0.2, 0.25) is 0 Å². The Kier molecular flexibility index (Phi) is 6.69. The van der Waals surface area contributed by atoms with Crippen LogP contribution in [0.15, 0.2) is 15.9 Å². The first-order chi connectivity index (χ1) is 13.4. The maximum atomic E-state index is 12.8. The molecule has 1 N–H and O–H groups in total. The Hall–Kier alpha value is -1.56. The molecule has 0 atom stereocenters. The number of thioether (sulfide) groups is 2. The molecule has 0 bridgehead atoms. The van der Waals surface area contributed by atoms with Crippen LogP contribution in [0.25, 0.3) is 11.0 Å². The number of allylic oxidation sites excluding steroid dienone is 1. The molecule has 150 valence electrons. The Balaban J connectivity index is 2.09. The first kappa shape index (κ1) is 21.2. The topological polar surface area (TPSA) is 82.8 Å². The number of hydrogen-bond acceptors (Lipinski definition) is 8. The summed E-state index contributed by atoms with van der Waals surface area (Å²) in [7, 11) is 0. The zero-order valence-corrected chi connectivity index (χ0v) is 18.6. The highest BCUT2D eigenvalue weighted by Crippen LogP contribution is 2.31. The highest BCUT2D eigenvalue weighted by atomic mass is 32.2. The Labute approximate surface area is 179 Å². The van der Waals surface area contributed by atoms with Crippen molar-refractivity contribution in [3.63, 3.8) is 0 Å². The third-order valence-electron chi connectivity index (χ3n) is 4.24. The standard InChI is InChI=1S/C17H19N3O4S4/c1-3-18-7-8-26-11(18)6-5-10-14(23)19(4-2)16(27-10)13-15(24)20(9-12(21)22)17(25)28-13/h5-6H,3-4,7-9H2,1-2H3,(H,21,22)/b10-5+,11-6+,16-13-. The van der Waals surface area contributed by atoms with Crippen LogP contribution in [0.1, 0.15) is 13.8 Å². The van der Waals surface area contributed by atoms with Crippen LogP contribution in [0.3, 0.4) is 0 Å². The van der Waals surface area contributed by atoms with Crippen LogP contribution in [0.2, 0.25) is 0 Å². The van der Waals surface area contributed by atoms with E-state index in [-0.39, 0.29) is 9.88 Å². The van der Waals surface area contributed by atoms with Crippen LogP contribution in [0.4, 0.5) is 0 Å². The van der Waals surface area contributed by atoms with Gasteiger partial charge in [0, 0.05) is 25.4 Å². The molecule has 2 aliphatic rings. The van der Waals surface area contributed by atoms with Crippen LogP contribution in [-0.4, -0.2) is 61.1 Å². The maximum Gasteiger partial charge on any atom is 0.323 e. The molecule has 1 aromatic heterocycles. The zero-order chi connectivity index (χ0) is 20.4. The highest BCUT2D eigenvalue weighted by Gasteiger charge is 2.35. The third-order valence-corrected chi connectivity index (χ3v) is 8.03. The van der Waals surface area contributed by atoms with Crippen LogP contribution >= 0.6 is 47.1 Å². The molecule has 7 nitrogen and oxygen atoms in total. The van der Waals surface area contributed by atoms with Crippen LogP contribution < -0.4 is 14.8 Å². The molecule has 11 heteroatoms. The smallest absolute Gasteiger partial charge is 0.323 e. The van der Waals surface area contributed by atoms with Gasteiger partial charge in [-0.2, -0.15) is 0 Å². The Morgan fingerprint density at radius 2 is 2.00 bits per heavy atom. The zero-order valence-electron chi connectivity index (χ0n) is 15.3. The lowest BCUT2D eigenvalue weighted by Gasteiger charge is -2.14. The number of thiocarbonyl (C=S) groups is 1. The monoisotopic (exact) mass is 457 g/mol. The van der Waals surface area contributed by atoms with E-state index in [2.05, 4.69) is 11.8 Å². The maximum absolute atomic E-state index is 12.8. The number of carbonyl (C=O) groups excluding carboxylic acids is 1. The molecule has 0 saturated carbocycles. The summed E-state index contributed by atoms with van der Waals surface area (Å²) >= 11 is 9.20.